The summed E-state index contributed by atoms with van der Waals surface area (Å²) in [7, 11) is 1.55. The highest BCUT2D eigenvalue weighted by atomic mass is 32.1. The molecule has 0 aliphatic heterocycles. The number of ether oxygens (including phenoxy) is 2. The van der Waals surface area contributed by atoms with Crippen LogP contribution < -0.4 is 9.47 Å². The van der Waals surface area contributed by atoms with E-state index in [-0.39, 0.29) is 30.3 Å². The van der Waals surface area contributed by atoms with Crippen molar-refractivity contribution in [2.75, 3.05) is 7.11 Å². The van der Waals surface area contributed by atoms with E-state index in [1.54, 1.807) is 88.7 Å². The summed E-state index contributed by atoms with van der Waals surface area (Å²) in [5.41, 5.74) is 0.625. The number of aliphatic carboxylic acids is 1. The molecule has 0 fully saturated rings. The lowest BCUT2D eigenvalue weighted by molar-refractivity contribution is -0.146. The lowest BCUT2D eigenvalue weighted by Gasteiger charge is -2.22. The predicted molar refractivity (Wildman–Crippen MR) is 149 cm³/mol. The monoisotopic (exact) mass is 548 g/mol. The van der Waals surface area contributed by atoms with Crippen LogP contribution in [-0.2, 0) is 17.8 Å². The molecule has 8 nitrogen and oxygen atoms in total. The van der Waals surface area contributed by atoms with Crippen LogP contribution in [0.3, 0.4) is 0 Å². The van der Waals surface area contributed by atoms with Gasteiger partial charge in [-0.15, -0.1) is 0 Å². The van der Waals surface area contributed by atoms with E-state index in [4.69, 9.17) is 9.47 Å². The summed E-state index contributed by atoms with van der Waals surface area (Å²) in [5, 5.41) is 12.3. The highest BCUT2D eigenvalue weighted by molar-refractivity contribution is 7.11. The summed E-state index contributed by atoms with van der Waals surface area (Å²) in [6.45, 7) is 8.79. The Kier molecular flexibility index (Phi) is 7.66. The van der Waals surface area contributed by atoms with Crippen molar-refractivity contribution >= 4 is 34.4 Å². The van der Waals surface area contributed by atoms with Gasteiger partial charge < -0.3 is 19.0 Å². The number of thiazole rings is 1. The number of carbonyl (C=O) groups is 3. The zero-order valence-electron chi connectivity index (χ0n) is 22.9. The molecule has 0 radical (unpaired) electrons. The highest BCUT2D eigenvalue weighted by Crippen LogP contribution is 2.37. The second kappa shape index (κ2) is 10.6. The fraction of sp³-hybridized carbons (Fsp3) is 0.333. The molecule has 0 bridgehead atoms. The summed E-state index contributed by atoms with van der Waals surface area (Å²) >= 11 is 1.36. The Morgan fingerprint density at radius 2 is 1.74 bits per heavy atom. The van der Waals surface area contributed by atoms with E-state index in [1.165, 1.54) is 11.3 Å². The van der Waals surface area contributed by atoms with Crippen LogP contribution in [0.4, 0.5) is 0 Å². The Labute approximate surface area is 231 Å². The van der Waals surface area contributed by atoms with Crippen LogP contribution in [0, 0.1) is 10.8 Å². The second-order valence-corrected chi connectivity index (χ2v) is 11.9. The summed E-state index contributed by atoms with van der Waals surface area (Å²) < 4.78 is 12.8. The zero-order valence-corrected chi connectivity index (χ0v) is 23.7. The largest absolute Gasteiger partial charge is 0.487 e. The number of carbonyl (C=O) groups excluding carboxylic acids is 2. The SMILES string of the molecule is COc1nc(COc2ccn3c(C(=O)c4ccccc4)c(CC(C)(C)C(=O)O)c(C(=O)C(C)(C)C)c3c2)cs1. The minimum Gasteiger partial charge on any atom is -0.487 e. The molecule has 39 heavy (non-hydrogen) atoms. The number of hydrogen-bond acceptors (Lipinski definition) is 7. The molecule has 1 aromatic carbocycles. The minimum absolute atomic E-state index is 0.0100. The van der Waals surface area contributed by atoms with Gasteiger partial charge in [0.15, 0.2) is 5.78 Å². The first kappa shape index (κ1) is 28.0. The number of Topliss-reactive ketones (excluding diaryl/α,β-unsaturated/α-hetero) is 1. The number of methoxy groups -OCH3 is 1. The maximum Gasteiger partial charge on any atom is 0.309 e. The molecule has 0 aliphatic rings. The molecule has 0 saturated heterocycles. The molecule has 0 unspecified atom stereocenters. The molecule has 4 aromatic rings. The number of nitrogens with zero attached hydrogens (tertiary/aromatic N) is 2. The Hall–Kier alpha value is -3.98. The smallest absolute Gasteiger partial charge is 0.309 e. The molecular formula is C30H32N2O6S. The van der Waals surface area contributed by atoms with Crippen molar-refractivity contribution in [2.45, 2.75) is 47.6 Å². The molecule has 4 rings (SSSR count). The first-order valence-corrected chi connectivity index (χ1v) is 13.4. The van der Waals surface area contributed by atoms with Gasteiger partial charge in [0.05, 0.1) is 29.4 Å². The van der Waals surface area contributed by atoms with E-state index >= 15 is 0 Å². The van der Waals surface area contributed by atoms with Crippen LogP contribution in [0.1, 0.15) is 72.3 Å². The van der Waals surface area contributed by atoms with Crippen molar-refractivity contribution < 1.29 is 29.0 Å². The number of ketones is 2. The van der Waals surface area contributed by atoms with E-state index in [1.807, 2.05) is 11.4 Å². The molecule has 9 heteroatoms. The topological polar surface area (TPSA) is 107 Å². The van der Waals surface area contributed by atoms with Gasteiger partial charge in [0.25, 0.3) is 5.19 Å². The van der Waals surface area contributed by atoms with Crippen molar-refractivity contribution in [1.82, 2.24) is 9.38 Å². The third-order valence-electron chi connectivity index (χ3n) is 6.46. The number of fused-ring (bicyclic) bond motifs is 1. The van der Waals surface area contributed by atoms with Crippen molar-refractivity contribution in [3.8, 4) is 10.9 Å². The van der Waals surface area contributed by atoms with Gasteiger partial charge in [-0.25, -0.2) is 4.98 Å². The highest BCUT2D eigenvalue weighted by Gasteiger charge is 2.37. The Morgan fingerprint density at radius 3 is 2.33 bits per heavy atom. The van der Waals surface area contributed by atoms with Crippen molar-refractivity contribution in [2.24, 2.45) is 10.8 Å². The molecule has 0 aliphatic carbocycles. The Morgan fingerprint density at radius 1 is 1.05 bits per heavy atom. The van der Waals surface area contributed by atoms with Gasteiger partial charge in [0, 0.05) is 34.2 Å². The molecule has 0 saturated carbocycles. The van der Waals surface area contributed by atoms with Crippen LogP contribution in [0.5, 0.6) is 10.9 Å². The standard InChI is InChI=1S/C30H32N2O6S/c1-29(2,3)26(34)23-21(15-30(4,5)27(35)36)24(25(33)18-10-8-7-9-11-18)32-13-12-20(14-22(23)32)38-16-19-17-39-28(31-19)37-6/h7-14,17H,15-16H2,1-6H3,(H,35,36). The second-order valence-electron chi connectivity index (χ2n) is 11.1. The number of aromatic nitrogens is 2. The zero-order chi connectivity index (χ0) is 28.5. The molecule has 204 valence electrons. The normalized spacial score (nSPS) is 11.9. The first-order valence-electron chi connectivity index (χ1n) is 12.5. The van der Waals surface area contributed by atoms with Crippen LogP contribution in [0.15, 0.2) is 54.0 Å². The van der Waals surface area contributed by atoms with E-state index in [0.29, 0.717) is 38.8 Å². The lowest BCUT2D eigenvalue weighted by atomic mass is 9.79. The number of carboxylic acids is 1. The lowest BCUT2D eigenvalue weighted by Crippen LogP contribution is -2.29. The molecule has 0 atom stereocenters. The van der Waals surface area contributed by atoms with Crippen LogP contribution in [-0.4, -0.2) is 39.1 Å². The third-order valence-corrected chi connectivity index (χ3v) is 7.31. The quantitative estimate of drug-likeness (QED) is 0.239. The van der Waals surface area contributed by atoms with Gasteiger partial charge in [-0.2, -0.15) is 0 Å². The number of rotatable bonds is 10. The summed E-state index contributed by atoms with van der Waals surface area (Å²) in [5.74, 6) is -1.02. The Balaban J connectivity index is 1.93. The van der Waals surface area contributed by atoms with Crippen molar-refractivity contribution in [3.63, 3.8) is 0 Å². The summed E-state index contributed by atoms with van der Waals surface area (Å²) in [6.07, 6.45) is 1.68. The summed E-state index contributed by atoms with van der Waals surface area (Å²) in [4.78, 5) is 44.3. The molecule has 3 heterocycles. The maximum atomic E-state index is 13.9. The molecular weight excluding hydrogens is 516 g/mol. The minimum atomic E-state index is -1.23. The predicted octanol–water partition coefficient (Wildman–Crippen LogP) is 6.10. The van der Waals surface area contributed by atoms with Crippen LogP contribution in [0.2, 0.25) is 0 Å². The first-order chi connectivity index (χ1) is 18.3. The third kappa shape index (κ3) is 5.73. The van der Waals surface area contributed by atoms with Crippen LogP contribution >= 0.6 is 11.3 Å². The van der Waals surface area contributed by atoms with Crippen molar-refractivity contribution in [1.29, 1.82) is 0 Å². The van der Waals surface area contributed by atoms with E-state index < -0.39 is 16.8 Å². The average Bonchev–Trinajstić information content (AvgIpc) is 3.48. The van der Waals surface area contributed by atoms with Crippen molar-refractivity contribution in [3.05, 3.63) is 82.1 Å². The molecule has 1 N–H and O–H groups in total. The average molecular weight is 549 g/mol. The van der Waals surface area contributed by atoms with E-state index in [9.17, 15) is 19.5 Å². The van der Waals surface area contributed by atoms with Gasteiger partial charge in [-0.3, -0.25) is 14.4 Å². The summed E-state index contributed by atoms with van der Waals surface area (Å²) in [6, 6.07) is 12.2. The molecule has 0 spiro atoms. The fourth-order valence-electron chi connectivity index (χ4n) is 4.27. The number of carboxylic acid groups (broad SMARTS) is 1. The fourth-order valence-corrected chi connectivity index (χ4v) is 4.90. The van der Waals surface area contributed by atoms with Gasteiger partial charge in [-0.1, -0.05) is 62.4 Å². The van der Waals surface area contributed by atoms with Crippen LogP contribution in [0.25, 0.3) is 5.52 Å². The van der Waals surface area contributed by atoms with Gasteiger partial charge >= 0.3 is 5.97 Å². The maximum absolute atomic E-state index is 13.9. The van der Waals surface area contributed by atoms with Gasteiger partial charge in [-0.05, 0) is 31.9 Å². The van der Waals surface area contributed by atoms with Gasteiger partial charge in [0.1, 0.15) is 12.4 Å². The number of benzene rings is 1. The molecule has 3 aromatic heterocycles. The van der Waals surface area contributed by atoms with Gasteiger partial charge in [0.2, 0.25) is 5.78 Å². The van der Waals surface area contributed by atoms with E-state index in [2.05, 4.69) is 4.98 Å². The number of hydrogen-bond donors (Lipinski definition) is 1. The van der Waals surface area contributed by atoms with E-state index in [0.717, 1.165) is 0 Å². The number of pyridine rings is 1. The molecule has 0 amide bonds. The Bertz CT molecular complexity index is 1540.